The number of hydrogen-bond donors (Lipinski definition) is 1. The van der Waals surface area contributed by atoms with Gasteiger partial charge in [-0.1, -0.05) is 11.6 Å². The third-order valence-electron chi connectivity index (χ3n) is 4.85. The molecular weight excluding hydrogens is 373 g/mol. The molecule has 140 valence electrons. The summed E-state index contributed by atoms with van der Waals surface area (Å²) in [6.07, 6.45) is 1.70. The number of rotatable bonds is 5. The Morgan fingerprint density at radius 1 is 1.46 bits per heavy atom. The van der Waals surface area contributed by atoms with E-state index in [9.17, 15) is 9.18 Å². The Hall–Kier alpha value is -1.66. The van der Waals surface area contributed by atoms with Gasteiger partial charge in [0, 0.05) is 42.0 Å². The molecule has 7 heteroatoms. The second kappa shape index (κ2) is 7.53. The molecule has 0 saturated heterocycles. The number of fused-ring (bicyclic) bond motifs is 1. The maximum absolute atomic E-state index is 14.2. The highest BCUT2D eigenvalue weighted by Crippen LogP contribution is 2.36. The first-order chi connectivity index (χ1) is 12.3. The highest BCUT2D eigenvalue weighted by molar-refractivity contribution is 7.71. The van der Waals surface area contributed by atoms with Crippen LogP contribution in [0.4, 0.5) is 4.39 Å². The third kappa shape index (κ3) is 3.71. The highest BCUT2D eigenvalue weighted by atomic mass is 35.5. The zero-order chi connectivity index (χ0) is 19.0. The van der Waals surface area contributed by atoms with Crippen LogP contribution < -0.4 is 5.32 Å². The number of imidazole rings is 1. The summed E-state index contributed by atoms with van der Waals surface area (Å²) in [5.41, 5.74) is 2.57. The molecule has 0 aliphatic carbocycles. The van der Waals surface area contributed by atoms with Crippen LogP contribution in [0.1, 0.15) is 43.1 Å². The Labute approximate surface area is 163 Å². The summed E-state index contributed by atoms with van der Waals surface area (Å²) in [4.78, 5) is 12.3. The molecule has 0 radical (unpaired) electrons. The van der Waals surface area contributed by atoms with Crippen LogP contribution in [0, 0.1) is 10.6 Å². The molecule has 3 rings (SSSR count). The average molecular weight is 396 g/mol. The Balaban J connectivity index is 1.93. The Morgan fingerprint density at radius 2 is 2.19 bits per heavy atom. The van der Waals surface area contributed by atoms with Crippen molar-refractivity contribution in [2.24, 2.45) is 7.05 Å². The Kier molecular flexibility index (Phi) is 5.53. The van der Waals surface area contributed by atoms with Gasteiger partial charge in [0.2, 0.25) is 5.91 Å². The summed E-state index contributed by atoms with van der Waals surface area (Å²) in [6, 6.07) is 4.73. The minimum Gasteiger partial charge on any atom is -0.354 e. The van der Waals surface area contributed by atoms with Gasteiger partial charge in [-0.15, -0.1) is 0 Å². The quantitative estimate of drug-likeness (QED) is 0.772. The molecule has 26 heavy (non-hydrogen) atoms. The lowest BCUT2D eigenvalue weighted by Crippen LogP contribution is -2.32. The van der Waals surface area contributed by atoms with E-state index in [1.165, 1.54) is 6.07 Å². The van der Waals surface area contributed by atoms with Crippen molar-refractivity contribution in [2.75, 3.05) is 0 Å². The predicted octanol–water partition coefficient (Wildman–Crippen LogP) is 4.15. The summed E-state index contributed by atoms with van der Waals surface area (Å²) < 4.78 is 18.9. The van der Waals surface area contributed by atoms with Crippen molar-refractivity contribution in [3.63, 3.8) is 0 Å². The van der Waals surface area contributed by atoms with Gasteiger partial charge >= 0.3 is 0 Å². The van der Waals surface area contributed by atoms with E-state index in [0.29, 0.717) is 21.8 Å². The molecule has 0 bridgehead atoms. The average Bonchev–Trinajstić information content (AvgIpc) is 3.06. The van der Waals surface area contributed by atoms with Crippen molar-refractivity contribution in [3.8, 4) is 0 Å². The van der Waals surface area contributed by atoms with Crippen LogP contribution in [-0.4, -0.2) is 21.1 Å². The van der Waals surface area contributed by atoms with E-state index in [0.717, 1.165) is 24.4 Å². The lowest BCUT2D eigenvalue weighted by molar-refractivity contribution is -0.121. The number of carbonyl (C=O) groups excluding carboxylic acids is 1. The van der Waals surface area contributed by atoms with E-state index in [-0.39, 0.29) is 30.1 Å². The molecule has 1 aromatic heterocycles. The molecule has 4 nitrogen and oxygen atoms in total. The molecule has 1 aliphatic heterocycles. The van der Waals surface area contributed by atoms with E-state index in [1.54, 1.807) is 12.1 Å². The second-order valence-corrected chi connectivity index (χ2v) is 7.95. The highest BCUT2D eigenvalue weighted by Gasteiger charge is 2.30. The fraction of sp³-hybridized carbons (Fsp3) is 0.474. The van der Waals surface area contributed by atoms with Gasteiger partial charge in [-0.2, -0.15) is 0 Å². The molecule has 1 aromatic carbocycles. The number of amides is 1. The van der Waals surface area contributed by atoms with Gasteiger partial charge in [-0.25, -0.2) is 4.39 Å². The SMILES string of the molecule is CC(C)NC(=O)Cc1c2n(c(=S)n1C)CCC2Cc1cc(Cl)ccc1F. The van der Waals surface area contributed by atoms with Crippen LogP contribution in [0.25, 0.3) is 0 Å². The minimum absolute atomic E-state index is 0.0291. The number of carbonyl (C=O) groups is 1. The molecule has 1 atom stereocenters. The van der Waals surface area contributed by atoms with E-state index in [1.807, 2.05) is 25.5 Å². The number of hydrogen-bond acceptors (Lipinski definition) is 2. The van der Waals surface area contributed by atoms with E-state index in [2.05, 4.69) is 9.88 Å². The molecule has 1 amide bonds. The number of benzene rings is 1. The Bertz CT molecular complexity index is 903. The van der Waals surface area contributed by atoms with Crippen LogP contribution in [0.15, 0.2) is 18.2 Å². The number of halogens is 2. The summed E-state index contributed by atoms with van der Waals surface area (Å²) in [5, 5.41) is 3.46. The first kappa shape index (κ1) is 19.1. The molecule has 0 saturated carbocycles. The van der Waals surface area contributed by atoms with Gasteiger partial charge in [0.15, 0.2) is 4.77 Å². The number of nitrogens with one attached hydrogen (secondary N) is 1. The maximum atomic E-state index is 14.2. The van der Waals surface area contributed by atoms with Crippen LogP contribution in [0.2, 0.25) is 5.02 Å². The first-order valence-corrected chi connectivity index (χ1v) is 9.58. The van der Waals surface area contributed by atoms with Gasteiger partial charge in [0.1, 0.15) is 5.82 Å². The van der Waals surface area contributed by atoms with E-state index < -0.39 is 0 Å². The Morgan fingerprint density at radius 3 is 2.88 bits per heavy atom. The molecule has 1 unspecified atom stereocenters. The monoisotopic (exact) mass is 395 g/mol. The summed E-state index contributed by atoms with van der Waals surface area (Å²) in [7, 11) is 1.89. The molecule has 2 heterocycles. The standard InChI is InChI=1S/C19H23ClFN3OS/c1-11(2)22-17(25)10-16-18-12(6-7-24(18)19(26)23(16)3)8-13-9-14(20)4-5-15(13)21/h4-5,9,11-12H,6-8,10H2,1-3H3,(H,22,25). The van der Waals surface area contributed by atoms with Gasteiger partial charge < -0.3 is 14.5 Å². The second-order valence-electron chi connectivity index (χ2n) is 7.15. The van der Waals surface area contributed by atoms with Crippen molar-refractivity contribution >= 4 is 29.7 Å². The number of nitrogens with zero attached hydrogens (tertiary/aromatic N) is 2. The van der Waals surface area contributed by atoms with Crippen molar-refractivity contribution in [1.29, 1.82) is 0 Å². The molecule has 2 aromatic rings. The molecular formula is C19H23ClFN3OS. The van der Waals surface area contributed by atoms with Crippen molar-refractivity contribution in [3.05, 3.63) is 50.8 Å². The predicted molar refractivity (Wildman–Crippen MR) is 104 cm³/mol. The lowest BCUT2D eigenvalue weighted by Gasteiger charge is -2.15. The molecule has 0 fully saturated rings. The lowest BCUT2D eigenvalue weighted by atomic mass is 9.93. The van der Waals surface area contributed by atoms with Crippen molar-refractivity contribution < 1.29 is 9.18 Å². The fourth-order valence-corrected chi connectivity index (χ4v) is 4.21. The molecule has 0 spiro atoms. The van der Waals surface area contributed by atoms with Crippen LogP contribution in [0.5, 0.6) is 0 Å². The summed E-state index contributed by atoms with van der Waals surface area (Å²) in [5.74, 6) is -0.159. The number of aromatic nitrogens is 2. The van der Waals surface area contributed by atoms with Crippen molar-refractivity contribution in [2.45, 2.75) is 51.6 Å². The van der Waals surface area contributed by atoms with E-state index in [4.69, 9.17) is 23.8 Å². The van der Waals surface area contributed by atoms with Gasteiger partial charge in [0.25, 0.3) is 0 Å². The van der Waals surface area contributed by atoms with Gasteiger partial charge in [-0.05, 0) is 62.7 Å². The topological polar surface area (TPSA) is 39.0 Å². The first-order valence-electron chi connectivity index (χ1n) is 8.79. The smallest absolute Gasteiger partial charge is 0.226 e. The molecule has 1 aliphatic rings. The summed E-state index contributed by atoms with van der Waals surface area (Å²) >= 11 is 11.6. The maximum Gasteiger partial charge on any atom is 0.226 e. The normalized spacial score (nSPS) is 16.2. The van der Waals surface area contributed by atoms with Crippen LogP contribution >= 0.6 is 23.8 Å². The summed E-state index contributed by atoms with van der Waals surface area (Å²) in [6.45, 7) is 4.66. The zero-order valence-electron chi connectivity index (χ0n) is 15.2. The van der Waals surface area contributed by atoms with Crippen LogP contribution in [0.3, 0.4) is 0 Å². The zero-order valence-corrected chi connectivity index (χ0v) is 16.8. The van der Waals surface area contributed by atoms with Crippen LogP contribution in [-0.2, 0) is 31.2 Å². The third-order valence-corrected chi connectivity index (χ3v) is 5.58. The minimum atomic E-state index is -0.249. The van der Waals surface area contributed by atoms with Crippen molar-refractivity contribution in [1.82, 2.24) is 14.5 Å². The van der Waals surface area contributed by atoms with E-state index >= 15 is 0 Å². The fourth-order valence-electron chi connectivity index (χ4n) is 3.72. The van der Waals surface area contributed by atoms with Gasteiger partial charge in [-0.3, -0.25) is 4.79 Å². The largest absolute Gasteiger partial charge is 0.354 e. The molecule has 1 N–H and O–H groups in total. The van der Waals surface area contributed by atoms with Gasteiger partial charge in [0.05, 0.1) is 6.42 Å².